The summed E-state index contributed by atoms with van der Waals surface area (Å²) < 4.78 is 7.57. The van der Waals surface area contributed by atoms with Gasteiger partial charge in [0, 0.05) is 81.0 Å². The summed E-state index contributed by atoms with van der Waals surface area (Å²) in [6, 6.07) is 97.8. The number of anilines is 3. The van der Waals surface area contributed by atoms with Crippen LogP contribution in [-0.2, 0) is 10.8 Å². The van der Waals surface area contributed by atoms with E-state index in [1.165, 1.54) is 136 Å². The second-order valence-electron chi connectivity index (χ2n) is 23.7. The van der Waals surface area contributed by atoms with Gasteiger partial charge in [0.05, 0.1) is 22.1 Å². The van der Waals surface area contributed by atoms with Crippen LogP contribution < -0.4 is 4.90 Å². The van der Waals surface area contributed by atoms with E-state index in [1.54, 1.807) is 0 Å². The van der Waals surface area contributed by atoms with E-state index in [0.29, 0.717) is 0 Å². The number of nitrogens with zero attached hydrogens (tertiary/aromatic N) is 3. The Morgan fingerprint density at radius 2 is 0.744 bits per heavy atom. The van der Waals surface area contributed by atoms with Crippen LogP contribution >= 0.6 is 11.3 Å². The molecule has 0 saturated carbocycles. The molecular formula is C78H55N3S. The second kappa shape index (κ2) is 17.4. The van der Waals surface area contributed by atoms with Crippen molar-refractivity contribution >= 4 is 92.2 Å². The molecule has 3 nitrogen and oxygen atoms in total. The molecule has 0 N–H and O–H groups in total. The first-order valence-electron chi connectivity index (χ1n) is 28.6. The third-order valence-electron chi connectivity index (χ3n) is 18.5. The fraction of sp³-hybridized carbons (Fsp3) is 0.0769. The molecule has 0 spiro atoms. The van der Waals surface area contributed by atoms with Crippen molar-refractivity contribution in [1.29, 1.82) is 0 Å². The summed E-state index contributed by atoms with van der Waals surface area (Å²) in [5.74, 6) is 0. The van der Waals surface area contributed by atoms with Gasteiger partial charge in [-0.15, -0.1) is 11.3 Å². The van der Waals surface area contributed by atoms with E-state index in [1.807, 2.05) is 11.3 Å². The number of rotatable bonds is 7. The lowest BCUT2D eigenvalue weighted by Crippen LogP contribution is -2.14. The van der Waals surface area contributed by atoms with E-state index in [4.69, 9.17) is 0 Å². The summed E-state index contributed by atoms with van der Waals surface area (Å²) in [5, 5.41) is 7.61. The van der Waals surface area contributed by atoms with Gasteiger partial charge in [-0.3, -0.25) is 0 Å². The van der Waals surface area contributed by atoms with Crippen LogP contribution in [0.5, 0.6) is 0 Å². The highest BCUT2D eigenvalue weighted by molar-refractivity contribution is 7.26. The first kappa shape index (κ1) is 47.1. The van der Waals surface area contributed by atoms with Crippen molar-refractivity contribution in [3.63, 3.8) is 0 Å². The molecule has 12 aromatic carbocycles. The van der Waals surface area contributed by atoms with E-state index >= 15 is 0 Å². The Hall–Kier alpha value is -9.74. The van der Waals surface area contributed by atoms with Gasteiger partial charge in [0.1, 0.15) is 0 Å². The smallest absolute Gasteiger partial charge is 0.0544 e. The van der Waals surface area contributed by atoms with Crippen LogP contribution in [0, 0.1) is 0 Å². The number of hydrogen-bond acceptors (Lipinski definition) is 2. The van der Waals surface area contributed by atoms with E-state index in [0.717, 1.165) is 22.7 Å². The molecule has 0 amide bonds. The maximum Gasteiger partial charge on any atom is 0.0544 e. The highest BCUT2D eigenvalue weighted by atomic mass is 32.1. The van der Waals surface area contributed by atoms with Crippen molar-refractivity contribution in [1.82, 2.24) is 9.13 Å². The van der Waals surface area contributed by atoms with Gasteiger partial charge in [-0.25, -0.2) is 0 Å². The molecule has 3 aromatic heterocycles. The van der Waals surface area contributed by atoms with Crippen molar-refractivity contribution in [3.8, 4) is 55.9 Å². The number of aromatic nitrogens is 2. The first-order chi connectivity index (χ1) is 40.2. The zero-order valence-electron chi connectivity index (χ0n) is 46.1. The average Bonchev–Trinajstić information content (AvgIpc) is 2.60. The minimum absolute atomic E-state index is 0.105. The number of thiophene rings is 1. The van der Waals surface area contributed by atoms with Crippen LogP contribution in [0.4, 0.5) is 17.1 Å². The Morgan fingerprint density at radius 3 is 1.34 bits per heavy atom. The fourth-order valence-corrected chi connectivity index (χ4v) is 15.7. The van der Waals surface area contributed by atoms with E-state index < -0.39 is 0 Å². The Labute approximate surface area is 480 Å². The molecule has 3 heterocycles. The third kappa shape index (κ3) is 6.76. The van der Waals surface area contributed by atoms with Gasteiger partial charge in [0.2, 0.25) is 0 Å². The average molecular weight is 1070 g/mol. The highest BCUT2D eigenvalue weighted by Crippen LogP contribution is 2.54. The highest BCUT2D eigenvalue weighted by Gasteiger charge is 2.38. The lowest BCUT2D eigenvalue weighted by Gasteiger charge is -2.26. The standard InChI is InChI=1S/C78H55N3S/c1-77(2)67-27-14-11-22-57(67)61-44-65-63-42-50(34-40-71(63)80(73(65)46-69(61)77)51-18-7-5-8-19-51)48-30-35-53(36-31-48)79(54-37-32-49(33-38-54)56-25-17-26-60-59-24-13-16-29-75(59)82-76(56)60)55-39-41-72-64(43-55)66-45-62-58-23-12-15-28-68(58)78(3,4)70(62)47-74(66)81(72)52-20-9-6-10-21-52/h5-47H,1-4H3. The monoisotopic (exact) mass is 1070 g/mol. The quantitative estimate of drug-likeness (QED) is 0.155. The van der Waals surface area contributed by atoms with Gasteiger partial charge in [0.15, 0.2) is 0 Å². The van der Waals surface area contributed by atoms with Crippen LogP contribution in [0.1, 0.15) is 49.9 Å². The Bertz CT molecular complexity index is 5130. The SMILES string of the molecule is CC1(C)c2ccccc2-c2cc3c4cc(-c5ccc(N(c6ccc(-c7cccc8c7sc7ccccc78)cc6)c6ccc7c(c6)c6cc8c(cc6n7-c6ccccc6)C(C)(C)c6ccccc6-8)cc5)ccc4n(-c4ccccc4)c3cc21. The van der Waals surface area contributed by atoms with Gasteiger partial charge >= 0.3 is 0 Å². The lowest BCUT2D eigenvalue weighted by molar-refractivity contribution is 0.661. The molecule has 4 heteroatoms. The molecule has 0 saturated heterocycles. The molecule has 17 rings (SSSR count). The maximum atomic E-state index is 2.48. The molecule has 2 aliphatic rings. The van der Waals surface area contributed by atoms with Gasteiger partial charge in [-0.1, -0.05) is 179 Å². The fourth-order valence-electron chi connectivity index (χ4n) is 14.5. The molecule has 0 radical (unpaired) electrons. The molecule has 82 heavy (non-hydrogen) atoms. The van der Waals surface area contributed by atoms with Gasteiger partial charge in [-0.2, -0.15) is 0 Å². The van der Waals surface area contributed by atoms with Crippen LogP contribution in [0.25, 0.3) is 120 Å². The molecule has 0 aliphatic heterocycles. The third-order valence-corrected chi connectivity index (χ3v) is 19.7. The number of para-hydroxylation sites is 2. The van der Waals surface area contributed by atoms with Crippen molar-refractivity contribution in [3.05, 3.63) is 283 Å². The summed E-state index contributed by atoms with van der Waals surface area (Å²) in [6.45, 7) is 9.50. The lowest BCUT2D eigenvalue weighted by atomic mass is 9.82. The summed E-state index contributed by atoms with van der Waals surface area (Å²) in [6.07, 6.45) is 0. The second-order valence-corrected chi connectivity index (χ2v) is 24.7. The first-order valence-corrected chi connectivity index (χ1v) is 29.5. The predicted molar refractivity (Wildman–Crippen MR) is 349 cm³/mol. The molecule has 0 fully saturated rings. The van der Waals surface area contributed by atoms with Gasteiger partial charge < -0.3 is 14.0 Å². The molecule has 15 aromatic rings. The van der Waals surface area contributed by atoms with E-state index in [-0.39, 0.29) is 10.8 Å². The van der Waals surface area contributed by atoms with Crippen molar-refractivity contribution in [2.24, 2.45) is 0 Å². The summed E-state index contributed by atoms with van der Waals surface area (Å²) in [7, 11) is 0. The van der Waals surface area contributed by atoms with Crippen LogP contribution in [0.3, 0.4) is 0 Å². The van der Waals surface area contributed by atoms with Gasteiger partial charge in [0.25, 0.3) is 0 Å². The largest absolute Gasteiger partial charge is 0.310 e. The van der Waals surface area contributed by atoms with Crippen molar-refractivity contribution < 1.29 is 0 Å². The van der Waals surface area contributed by atoms with Gasteiger partial charge in [-0.05, 0) is 176 Å². The molecule has 2 aliphatic carbocycles. The zero-order valence-corrected chi connectivity index (χ0v) is 46.9. The molecule has 0 bridgehead atoms. The van der Waals surface area contributed by atoms with Crippen molar-refractivity contribution in [2.45, 2.75) is 38.5 Å². The number of hydrogen-bond donors (Lipinski definition) is 0. The Balaban J connectivity index is 0.833. The van der Waals surface area contributed by atoms with E-state index in [2.05, 4.69) is 303 Å². The summed E-state index contributed by atoms with van der Waals surface area (Å²) in [4.78, 5) is 2.45. The zero-order chi connectivity index (χ0) is 54.6. The number of benzene rings is 12. The Morgan fingerprint density at radius 1 is 0.293 bits per heavy atom. The summed E-state index contributed by atoms with van der Waals surface area (Å²) in [5.41, 5.74) is 25.9. The van der Waals surface area contributed by atoms with Crippen LogP contribution in [0.15, 0.2) is 261 Å². The Kier molecular flexibility index (Phi) is 9.98. The van der Waals surface area contributed by atoms with Crippen LogP contribution in [0.2, 0.25) is 0 Å². The molecule has 388 valence electrons. The number of fused-ring (bicyclic) bond motifs is 15. The van der Waals surface area contributed by atoms with Crippen molar-refractivity contribution in [2.75, 3.05) is 4.90 Å². The van der Waals surface area contributed by atoms with E-state index in [9.17, 15) is 0 Å². The predicted octanol–water partition coefficient (Wildman–Crippen LogP) is 21.7. The summed E-state index contributed by atoms with van der Waals surface area (Å²) >= 11 is 1.88. The molecule has 0 unspecified atom stereocenters. The normalized spacial score (nSPS) is 13.8. The molecular weight excluding hydrogens is 1010 g/mol. The minimum Gasteiger partial charge on any atom is -0.310 e. The van der Waals surface area contributed by atoms with Crippen LogP contribution in [-0.4, -0.2) is 9.13 Å². The topological polar surface area (TPSA) is 13.1 Å². The molecule has 0 atom stereocenters. The maximum absolute atomic E-state index is 2.48. The minimum atomic E-state index is -0.127.